The molecule has 27 heavy (non-hydrogen) atoms. The first-order chi connectivity index (χ1) is 13.2. The highest BCUT2D eigenvalue weighted by molar-refractivity contribution is 4.87. The van der Waals surface area contributed by atoms with Crippen LogP contribution in [0, 0.1) is 0 Å². The highest BCUT2D eigenvalue weighted by Gasteiger charge is 2.39. The van der Waals surface area contributed by atoms with E-state index in [1.54, 1.807) is 0 Å². The van der Waals surface area contributed by atoms with Gasteiger partial charge in [-0.05, 0) is 25.7 Å². The van der Waals surface area contributed by atoms with Crippen LogP contribution in [-0.2, 0) is 9.47 Å². The van der Waals surface area contributed by atoms with Crippen molar-refractivity contribution in [3.63, 3.8) is 0 Å². The highest BCUT2D eigenvalue weighted by atomic mass is 16.6. The molecule has 1 saturated heterocycles. The Hall–Kier alpha value is -0.460. The molecule has 4 atom stereocenters. The van der Waals surface area contributed by atoms with Crippen molar-refractivity contribution in [3.8, 4) is 0 Å². The van der Waals surface area contributed by atoms with Gasteiger partial charge in [-0.25, -0.2) is 0 Å². The van der Waals surface area contributed by atoms with Crippen molar-refractivity contribution in [3.05, 3.63) is 12.2 Å². The highest BCUT2D eigenvalue weighted by Crippen LogP contribution is 2.19. The molecule has 0 amide bonds. The van der Waals surface area contributed by atoms with Crippen LogP contribution < -0.4 is 0 Å². The van der Waals surface area contributed by atoms with E-state index in [9.17, 15) is 15.3 Å². The minimum Gasteiger partial charge on any atom is -0.394 e. The maximum atomic E-state index is 9.98. The predicted molar refractivity (Wildman–Crippen MR) is 109 cm³/mol. The molecule has 160 valence electrons. The molecule has 1 aliphatic heterocycles. The Balaban J connectivity index is 1.90. The Kier molecular flexibility index (Phi) is 15.0. The molecule has 0 spiro atoms. The molecule has 0 aromatic rings. The number of unbranched alkanes of at least 4 members (excludes halogenated alkanes) is 10. The zero-order chi connectivity index (χ0) is 19.7. The van der Waals surface area contributed by atoms with E-state index in [-0.39, 0.29) is 13.2 Å². The molecule has 0 aromatic carbocycles. The largest absolute Gasteiger partial charge is 0.394 e. The van der Waals surface area contributed by atoms with Gasteiger partial charge in [-0.2, -0.15) is 0 Å². The van der Waals surface area contributed by atoms with Crippen LogP contribution >= 0.6 is 0 Å². The summed E-state index contributed by atoms with van der Waals surface area (Å²) in [7, 11) is 0. The summed E-state index contributed by atoms with van der Waals surface area (Å²) < 4.78 is 11.0. The molecule has 0 radical (unpaired) electrons. The molecular formula is C22H42O5. The fourth-order valence-corrected chi connectivity index (χ4v) is 3.44. The third kappa shape index (κ3) is 11.2. The average molecular weight is 387 g/mol. The summed E-state index contributed by atoms with van der Waals surface area (Å²) in [5.41, 5.74) is 0. The first-order valence-corrected chi connectivity index (χ1v) is 11.1. The summed E-state index contributed by atoms with van der Waals surface area (Å²) in [4.78, 5) is 0. The molecule has 5 heteroatoms. The van der Waals surface area contributed by atoms with Gasteiger partial charge >= 0.3 is 0 Å². The fraction of sp³-hybridized carbons (Fsp3) is 0.909. The summed E-state index contributed by atoms with van der Waals surface area (Å²) in [6.45, 7) is 2.58. The molecule has 1 aliphatic rings. The van der Waals surface area contributed by atoms with Crippen LogP contribution in [0.2, 0.25) is 0 Å². The second kappa shape index (κ2) is 16.5. The van der Waals surface area contributed by atoms with E-state index in [0.29, 0.717) is 6.61 Å². The Morgan fingerprint density at radius 2 is 1.48 bits per heavy atom. The quantitative estimate of drug-likeness (QED) is 0.278. The van der Waals surface area contributed by atoms with Gasteiger partial charge in [0.1, 0.15) is 24.4 Å². The number of ether oxygens (including phenoxy) is 2. The molecule has 1 fully saturated rings. The van der Waals surface area contributed by atoms with Gasteiger partial charge in [0.25, 0.3) is 0 Å². The van der Waals surface area contributed by atoms with Crippen molar-refractivity contribution in [2.24, 2.45) is 0 Å². The minimum absolute atomic E-state index is 0.0435. The van der Waals surface area contributed by atoms with E-state index < -0.39 is 24.4 Å². The zero-order valence-corrected chi connectivity index (χ0v) is 17.2. The number of rotatable bonds is 16. The van der Waals surface area contributed by atoms with Crippen LogP contribution in [0.5, 0.6) is 0 Å². The van der Waals surface area contributed by atoms with Crippen molar-refractivity contribution in [1.82, 2.24) is 0 Å². The maximum absolute atomic E-state index is 9.98. The number of allylic oxidation sites excluding steroid dienone is 2. The minimum atomic E-state index is -0.988. The lowest BCUT2D eigenvalue weighted by Crippen LogP contribution is -2.55. The van der Waals surface area contributed by atoms with Gasteiger partial charge in [-0.15, -0.1) is 0 Å². The van der Waals surface area contributed by atoms with Crippen LogP contribution in [0.25, 0.3) is 0 Å². The summed E-state index contributed by atoms with van der Waals surface area (Å²) in [5.74, 6) is 0. The van der Waals surface area contributed by atoms with Crippen molar-refractivity contribution in [1.29, 1.82) is 0 Å². The molecule has 0 unspecified atom stereocenters. The normalized spacial score (nSPS) is 26.1. The predicted octanol–water partition coefficient (Wildman–Crippen LogP) is 3.74. The van der Waals surface area contributed by atoms with E-state index >= 15 is 0 Å². The van der Waals surface area contributed by atoms with Crippen LogP contribution in [0.3, 0.4) is 0 Å². The molecule has 1 rings (SSSR count). The van der Waals surface area contributed by atoms with Gasteiger partial charge in [-0.1, -0.05) is 70.4 Å². The summed E-state index contributed by atoms with van der Waals surface area (Å²) in [6, 6.07) is 0. The lowest BCUT2D eigenvalue weighted by Gasteiger charge is -2.37. The van der Waals surface area contributed by atoms with E-state index in [2.05, 4.69) is 19.1 Å². The summed E-state index contributed by atoms with van der Waals surface area (Å²) in [6.07, 6.45) is 16.3. The van der Waals surface area contributed by atoms with Crippen molar-refractivity contribution >= 4 is 0 Å². The van der Waals surface area contributed by atoms with Crippen LogP contribution in [0.1, 0.15) is 84.0 Å². The standard InChI is InChI=1S/C22H42O5/c1-2-3-4-5-6-7-8-9-10-11-12-13-14-15-16-26-22-20(17-23)27-18-19(24)21(22)25/h4-5,19-25H,2-3,6-18H2,1H3/b5-4+/t19-,20+,21+,22+/m1/s1. The third-order valence-electron chi connectivity index (χ3n) is 5.21. The lowest BCUT2D eigenvalue weighted by molar-refractivity contribution is -0.211. The fourth-order valence-electron chi connectivity index (χ4n) is 3.44. The van der Waals surface area contributed by atoms with E-state index in [0.717, 1.165) is 12.8 Å². The molecule has 0 bridgehead atoms. The van der Waals surface area contributed by atoms with Crippen molar-refractivity contribution in [2.75, 3.05) is 19.8 Å². The summed E-state index contributed by atoms with van der Waals surface area (Å²) in [5, 5.41) is 28.9. The second-order valence-electron chi connectivity index (χ2n) is 7.68. The first-order valence-electron chi connectivity index (χ1n) is 11.1. The van der Waals surface area contributed by atoms with E-state index in [4.69, 9.17) is 9.47 Å². The smallest absolute Gasteiger partial charge is 0.114 e. The first kappa shape index (κ1) is 24.6. The molecule has 0 aromatic heterocycles. The van der Waals surface area contributed by atoms with Gasteiger partial charge < -0.3 is 24.8 Å². The SMILES string of the molecule is CCC/C=C/CCCCCCCCCCCO[C@@H]1[C@@H](O)[C@H](O)CO[C@H]1CO. The summed E-state index contributed by atoms with van der Waals surface area (Å²) >= 11 is 0. The monoisotopic (exact) mass is 386 g/mol. The Morgan fingerprint density at radius 1 is 0.889 bits per heavy atom. The van der Waals surface area contributed by atoms with Gasteiger partial charge in [0.15, 0.2) is 0 Å². The zero-order valence-electron chi connectivity index (χ0n) is 17.2. The van der Waals surface area contributed by atoms with Crippen molar-refractivity contribution < 1.29 is 24.8 Å². The molecule has 3 N–H and O–H groups in total. The van der Waals surface area contributed by atoms with Gasteiger partial charge in [0.05, 0.1) is 13.2 Å². The van der Waals surface area contributed by atoms with Gasteiger partial charge in [0.2, 0.25) is 0 Å². The van der Waals surface area contributed by atoms with Crippen molar-refractivity contribution in [2.45, 2.75) is 108 Å². The number of hydrogen-bond donors (Lipinski definition) is 3. The molecule has 1 heterocycles. The molecule has 5 nitrogen and oxygen atoms in total. The Bertz CT molecular complexity index is 359. The van der Waals surface area contributed by atoms with E-state index in [1.807, 2.05) is 0 Å². The number of hydrogen-bond acceptors (Lipinski definition) is 5. The molecule has 0 saturated carbocycles. The van der Waals surface area contributed by atoms with Crippen LogP contribution in [0.15, 0.2) is 12.2 Å². The Labute approximate surface area is 165 Å². The van der Waals surface area contributed by atoms with Crippen LogP contribution in [0.4, 0.5) is 0 Å². The Morgan fingerprint density at radius 3 is 2.11 bits per heavy atom. The molecular weight excluding hydrogens is 344 g/mol. The number of aliphatic hydroxyl groups is 3. The van der Waals surface area contributed by atoms with Crippen LogP contribution in [-0.4, -0.2) is 59.6 Å². The second-order valence-corrected chi connectivity index (χ2v) is 7.68. The molecule has 0 aliphatic carbocycles. The number of aliphatic hydroxyl groups excluding tert-OH is 3. The lowest BCUT2D eigenvalue weighted by atomic mass is 10.0. The van der Waals surface area contributed by atoms with Gasteiger partial charge in [0, 0.05) is 6.61 Å². The maximum Gasteiger partial charge on any atom is 0.114 e. The van der Waals surface area contributed by atoms with E-state index in [1.165, 1.54) is 64.2 Å². The van der Waals surface area contributed by atoms with Gasteiger partial charge in [-0.3, -0.25) is 0 Å². The topological polar surface area (TPSA) is 79.2 Å². The third-order valence-corrected chi connectivity index (χ3v) is 5.21. The average Bonchev–Trinajstić information content (AvgIpc) is 2.68.